The van der Waals surface area contributed by atoms with Gasteiger partial charge in [-0.05, 0) is 24.1 Å². The second-order valence-electron chi connectivity index (χ2n) is 7.64. The molecule has 3 aromatic rings. The van der Waals surface area contributed by atoms with E-state index >= 15 is 0 Å². The molecule has 1 fully saturated rings. The fourth-order valence-corrected chi connectivity index (χ4v) is 4.10. The number of urea groups is 1. The van der Waals surface area contributed by atoms with E-state index in [4.69, 9.17) is 4.99 Å². The summed E-state index contributed by atoms with van der Waals surface area (Å²) in [4.78, 5) is 41.4. The molecule has 1 saturated heterocycles. The number of aromatic nitrogens is 2. The van der Waals surface area contributed by atoms with Gasteiger partial charge in [0.15, 0.2) is 12.2 Å². The van der Waals surface area contributed by atoms with E-state index < -0.39 is 18.2 Å². The number of carbonyl (C=O) groups excluding carboxylic acids is 2. The van der Waals surface area contributed by atoms with Crippen LogP contribution in [0.25, 0.3) is 11.0 Å². The predicted molar refractivity (Wildman–Crippen MR) is 117 cm³/mol. The van der Waals surface area contributed by atoms with Crippen LogP contribution in [0.2, 0.25) is 0 Å². The van der Waals surface area contributed by atoms with Crippen molar-refractivity contribution in [2.45, 2.75) is 32.1 Å². The highest BCUT2D eigenvalue weighted by Gasteiger charge is 2.49. The number of nitrogens with zero attached hydrogens (tertiary/aromatic N) is 4. The molecule has 0 saturated carbocycles. The normalized spacial score (nSPS) is 20.6. The highest BCUT2D eigenvalue weighted by Crippen LogP contribution is 2.27. The van der Waals surface area contributed by atoms with Crippen LogP contribution < -0.4 is 10.6 Å². The van der Waals surface area contributed by atoms with Gasteiger partial charge in [-0.1, -0.05) is 49.4 Å². The molecule has 2 aliphatic heterocycles. The number of imidazole rings is 1. The molecular weight excluding hydrogens is 394 g/mol. The first-order valence-electron chi connectivity index (χ1n) is 10.4. The summed E-state index contributed by atoms with van der Waals surface area (Å²) in [6.45, 7) is 2.98. The Bertz CT molecular complexity index is 1120. The first kappa shape index (κ1) is 19.1. The lowest BCUT2D eigenvalue weighted by molar-refractivity contribution is -0.127. The zero-order valence-corrected chi connectivity index (χ0v) is 17.1. The van der Waals surface area contributed by atoms with Crippen molar-refractivity contribution in [1.82, 2.24) is 25.1 Å². The summed E-state index contributed by atoms with van der Waals surface area (Å²) < 4.78 is 0. The minimum absolute atomic E-state index is 0.344. The van der Waals surface area contributed by atoms with Gasteiger partial charge in [0.2, 0.25) is 11.9 Å². The summed E-state index contributed by atoms with van der Waals surface area (Å²) in [6.07, 6.45) is 0.183. The predicted octanol–water partition coefficient (Wildman–Crippen LogP) is 2.50. The first-order valence-corrected chi connectivity index (χ1v) is 10.4. The van der Waals surface area contributed by atoms with Crippen molar-refractivity contribution in [3.05, 3.63) is 60.2 Å². The third-order valence-corrected chi connectivity index (χ3v) is 5.50. The van der Waals surface area contributed by atoms with Crippen molar-refractivity contribution < 1.29 is 9.59 Å². The van der Waals surface area contributed by atoms with Gasteiger partial charge in [0.05, 0.1) is 11.0 Å². The summed E-state index contributed by atoms with van der Waals surface area (Å²) in [5.74, 6) is 0.692. The molecule has 158 valence electrons. The molecular formula is C22H23N7O2. The monoisotopic (exact) mass is 417 g/mol. The fourth-order valence-electron chi connectivity index (χ4n) is 4.10. The van der Waals surface area contributed by atoms with Gasteiger partial charge < -0.3 is 9.88 Å². The standard InChI is InChI=1S/C22H23N7O2/c1-2-12-28-18-17(19(30)26-22(28)31)29(13-14-8-4-3-5-9-14)21(25-18)27-20-23-15-10-6-7-11-16(15)24-20/h3-11,17-18H,2,12-13H2,1H3,(H,26,30,31)(H2,23,24,25,27). The molecule has 2 unspecified atom stereocenters. The zero-order chi connectivity index (χ0) is 21.4. The lowest BCUT2D eigenvalue weighted by atomic mass is 10.1. The van der Waals surface area contributed by atoms with E-state index in [9.17, 15) is 9.59 Å². The number of anilines is 1. The maximum absolute atomic E-state index is 12.9. The third-order valence-electron chi connectivity index (χ3n) is 5.50. The van der Waals surface area contributed by atoms with Crippen LogP contribution in [0.1, 0.15) is 18.9 Å². The number of fused-ring (bicyclic) bond motifs is 2. The summed E-state index contributed by atoms with van der Waals surface area (Å²) in [5, 5.41) is 5.74. The average molecular weight is 417 g/mol. The number of para-hydroxylation sites is 2. The van der Waals surface area contributed by atoms with E-state index in [1.807, 2.05) is 66.4 Å². The number of rotatable bonds is 5. The minimum atomic E-state index is -0.615. The van der Waals surface area contributed by atoms with Crippen LogP contribution in [-0.4, -0.2) is 56.4 Å². The van der Waals surface area contributed by atoms with Crippen molar-refractivity contribution in [1.29, 1.82) is 0 Å². The number of benzene rings is 2. The Balaban J connectivity index is 1.51. The summed E-state index contributed by atoms with van der Waals surface area (Å²) in [7, 11) is 0. The average Bonchev–Trinajstić information content (AvgIpc) is 3.33. The SMILES string of the molecule is CCCN1C(=O)NC(=O)C2C1N=C(Nc1nc3ccccc3[nH]1)N2Cc1ccccc1. The number of guanidine groups is 1. The van der Waals surface area contributed by atoms with Gasteiger partial charge in [0, 0.05) is 13.1 Å². The molecule has 0 spiro atoms. The van der Waals surface area contributed by atoms with Gasteiger partial charge in [0.1, 0.15) is 0 Å². The minimum Gasteiger partial charge on any atom is -0.324 e. The van der Waals surface area contributed by atoms with Gasteiger partial charge in [-0.2, -0.15) is 0 Å². The third kappa shape index (κ3) is 3.48. The van der Waals surface area contributed by atoms with E-state index in [2.05, 4.69) is 20.6 Å². The summed E-state index contributed by atoms with van der Waals surface area (Å²) in [5.41, 5.74) is 2.77. The Hall–Kier alpha value is -3.88. The van der Waals surface area contributed by atoms with Crippen LogP contribution in [0.15, 0.2) is 59.6 Å². The number of aliphatic imine (C=N–C) groups is 1. The van der Waals surface area contributed by atoms with Gasteiger partial charge in [-0.15, -0.1) is 0 Å². The molecule has 9 heteroatoms. The topological polar surface area (TPSA) is 106 Å². The van der Waals surface area contributed by atoms with Crippen LogP contribution >= 0.6 is 0 Å². The molecule has 2 aromatic carbocycles. The lowest BCUT2D eigenvalue weighted by Gasteiger charge is -2.38. The number of carbonyl (C=O) groups is 2. The summed E-state index contributed by atoms with van der Waals surface area (Å²) >= 11 is 0. The molecule has 0 aliphatic carbocycles. The Morgan fingerprint density at radius 1 is 1.03 bits per heavy atom. The number of hydrogen-bond acceptors (Lipinski definition) is 6. The number of nitrogens with one attached hydrogen (secondary N) is 3. The first-order chi connectivity index (χ1) is 15.1. The quantitative estimate of drug-likeness (QED) is 0.592. The van der Waals surface area contributed by atoms with Crippen molar-refractivity contribution in [2.24, 2.45) is 4.99 Å². The Labute approximate surface area is 179 Å². The van der Waals surface area contributed by atoms with E-state index in [1.54, 1.807) is 4.90 Å². The highest BCUT2D eigenvalue weighted by atomic mass is 16.2. The molecule has 0 radical (unpaired) electrons. The van der Waals surface area contributed by atoms with Crippen molar-refractivity contribution in [3.63, 3.8) is 0 Å². The Kier molecular flexibility index (Phi) is 4.78. The van der Waals surface area contributed by atoms with Crippen molar-refractivity contribution in [3.8, 4) is 0 Å². The van der Waals surface area contributed by atoms with Gasteiger partial charge in [0.25, 0.3) is 5.91 Å². The largest absolute Gasteiger partial charge is 0.325 e. The van der Waals surface area contributed by atoms with Gasteiger partial charge >= 0.3 is 6.03 Å². The maximum atomic E-state index is 12.9. The zero-order valence-electron chi connectivity index (χ0n) is 17.1. The number of H-pyrrole nitrogens is 1. The molecule has 3 N–H and O–H groups in total. The summed E-state index contributed by atoms with van der Waals surface area (Å²) in [6, 6.07) is 16.6. The van der Waals surface area contributed by atoms with Gasteiger partial charge in [-0.3, -0.25) is 20.3 Å². The van der Waals surface area contributed by atoms with E-state index in [0.29, 0.717) is 25.0 Å². The van der Waals surface area contributed by atoms with Crippen LogP contribution in [0.3, 0.4) is 0 Å². The van der Waals surface area contributed by atoms with Crippen LogP contribution in [-0.2, 0) is 11.3 Å². The second kappa shape index (κ2) is 7.75. The molecule has 3 amide bonds. The van der Waals surface area contributed by atoms with E-state index in [0.717, 1.165) is 23.0 Å². The smallest absolute Gasteiger partial charge is 0.324 e. The second-order valence-corrected chi connectivity index (χ2v) is 7.64. The fraction of sp³-hybridized carbons (Fsp3) is 0.273. The van der Waals surface area contributed by atoms with Crippen LogP contribution in [0.4, 0.5) is 10.7 Å². The maximum Gasteiger partial charge on any atom is 0.325 e. The number of hydrogen-bond donors (Lipinski definition) is 3. The van der Waals surface area contributed by atoms with Crippen molar-refractivity contribution in [2.75, 3.05) is 11.9 Å². The molecule has 1 aromatic heterocycles. The number of amides is 3. The number of aromatic amines is 1. The Morgan fingerprint density at radius 2 is 1.81 bits per heavy atom. The molecule has 9 nitrogen and oxygen atoms in total. The molecule has 2 atom stereocenters. The molecule has 3 heterocycles. The van der Waals surface area contributed by atoms with E-state index in [1.165, 1.54) is 0 Å². The Morgan fingerprint density at radius 3 is 2.58 bits per heavy atom. The van der Waals surface area contributed by atoms with Crippen LogP contribution in [0.5, 0.6) is 0 Å². The van der Waals surface area contributed by atoms with Gasteiger partial charge in [-0.25, -0.2) is 14.8 Å². The van der Waals surface area contributed by atoms with E-state index in [-0.39, 0.29) is 5.91 Å². The molecule has 5 rings (SSSR count). The van der Waals surface area contributed by atoms with Crippen molar-refractivity contribution >= 4 is 34.9 Å². The number of imide groups is 1. The molecule has 31 heavy (non-hydrogen) atoms. The lowest BCUT2D eigenvalue weighted by Crippen LogP contribution is -2.64. The molecule has 2 aliphatic rings. The highest BCUT2D eigenvalue weighted by molar-refractivity contribution is 6.06. The molecule has 0 bridgehead atoms. The van der Waals surface area contributed by atoms with Crippen LogP contribution in [0, 0.1) is 0 Å².